The van der Waals surface area contributed by atoms with Crippen molar-refractivity contribution in [1.29, 1.82) is 0 Å². The summed E-state index contributed by atoms with van der Waals surface area (Å²) in [6.07, 6.45) is 5.09. The number of nitrogens with zero attached hydrogens (tertiary/aromatic N) is 3. The first-order chi connectivity index (χ1) is 15.1. The fourth-order valence-corrected chi connectivity index (χ4v) is 5.09. The minimum atomic E-state index is 0.350. The van der Waals surface area contributed by atoms with Gasteiger partial charge in [-0.15, -0.1) is 0 Å². The van der Waals surface area contributed by atoms with Crippen molar-refractivity contribution < 1.29 is 0 Å². The molecule has 2 aliphatic rings. The van der Waals surface area contributed by atoms with Gasteiger partial charge in [0.05, 0.1) is 5.69 Å². The SMILES string of the molecule is CC1(C)CCCN(c2cccc(SNc3cccc(-c4ccccc4C4CC4)n3)n2)C1. The van der Waals surface area contributed by atoms with Gasteiger partial charge in [-0.05, 0) is 66.8 Å². The molecule has 0 radical (unpaired) electrons. The summed E-state index contributed by atoms with van der Waals surface area (Å²) in [5, 5.41) is 0.964. The molecule has 1 saturated carbocycles. The van der Waals surface area contributed by atoms with E-state index in [1.54, 1.807) is 0 Å². The normalized spacial score (nSPS) is 18.1. The second-order valence-electron chi connectivity index (χ2n) is 9.50. The third-order valence-corrected chi connectivity index (χ3v) is 6.94. The summed E-state index contributed by atoms with van der Waals surface area (Å²) in [5.74, 6) is 2.63. The van der Waals surface area contributed by atoms with E-state index in [0.717, 1.165) is 35.4 Å². The lowest BCUT2D eigenvalue weighted by molar-refractivity contribution is 0.292. The van der Waals surface area contributed by atoms with Crippen LogP contribution in [-0.4, -0.2) is 23.1 Å². The molecule has 3 aromatic rings. The molecule has 0 bridgehead atoms. The van der Waals surface area contributed by atoms with Crippen LogP contribution in [-0.2, 0) is 0 Å². The summed E-state index contributed by atoms with van der Waals surface area (Å²) in [6.45, 7) is 6.84. The molecule has 2 aromatic heterocycles. The Balaban J connectivity index is 1.30. The Kier molecular flexibility index (Phi) is 5.61. The van der Waals surface area contributed by atoms with Gasteiger partial charge >= 0.3 is 0 Å². The third-order valence-electron chi connectivity index (χ3n) is 6.20. The topological polar surface area (TPSA) is 41.0 Å². The van der Waals surface area contributed by atoms with Crippen LogP contribution in [0.1, 0.15) is 51.0 Å². The van der Waals surface area contributed by atoms with Gasteiger partial charge in [-0.1, -0.05) is 50.2 Å². The average molecular weight is 431 g/mol. The lowest BCUT2D eigenvalue weighted by atomic mass is 9.84. The molecule has 0 atom stereocenters. The van der Waals surface area contributed by atoms with Gasteiger partial charge in [0, 0.05) is 30.6 Å². The Bertz CT molecular complexity index is 1060. The van der Waals surface area contributed by atoms with Crippen molar-refractivity contribution in [2.45, 2.75) is 50.5 Å². The molecule has 1 N–H and O–H groups in total. The summed E-state index contributed by atoms with van der Waals surface area (Å²) in [7, 11) is 0. The zero-order valence-electron chi connectivity index (χ0n) is 18.3. The predicted octanol–water partition coefficient (Wildman–Crippen LogP) is 6.77. The first-order valence-electron chi connectivity index (χ1n) is 11.3. The van der Waals surface area contributed by atoms with Crippen LogP contribution in [0.5, 0.6) is 0 Å². The molecule has 31 heavy (non-hydrogen) atoms. The molecule has 3 heterocycles. The van der Waals surface area contributed by atoms with Gasteiger partial charge in [-0.25, -0.2) is 9.97 Å². The lowest BCUT2D eigenvalue weighted by Gasteiger charge is -2.38. The molecule has 160 valence electrons. The van der Waals surface area contributed by atoms with Gasteiger partial charge in [-0.3, -0.25) is 0 Å². The maximum atomic E-state index is 4.90. The predicted molar refractivity (Wildman–Crippen MR) is 131 cm³/mol. The average Bonchev–Trinajstić information content (AvgIpc) is 3.63. The molecule has 5 rings (SSSR count). The fraction of sp³-hybridized carbons (Fsp3) is 0.385. The van der Waals surface area contributed by atoms with Gasteiger partial charge in [0.25, 0.3) is 0 Å². The van der Waals surface area contributed by atoms with Crippen molar-refractivity contribution in [3.63, 3.8) is 0 Å². The molecule has 2 fully saturated rings. The van der Waals surface area contributed by atoms with Crippen LogP contribution in [0.4, 0.5) is 11.6 Å². The zero-order valence-corrected chi connectivity index (χ0v) is 19.2. The van der Waals surface area contributed by atoms with Crippen LogP contribution in [0.25, 0.3) is 11.3 Å². The van der Waals surface area contributed by atoms with Crippen molar-refractivity contribution in [1.82, 2.24) is 9.97 Å². The van der Waals surface area contributed by atoms with Crippen LogP contribution in [0, 0.1) is 5.41 Å². The van der Waals surface area contributed by atoms with E-state index in [1.165, 1.54) is 48.8 Å². The quantitative estimate of drug-likeness (QED) is 0.437. The van der Waals surface area contributed by atoms with E-state index >= 15 is 0 Å². The number of hydrogen-bond acceptors (Lipinski definition) is 5. The van der Waals surface area contributed by atoms with E-state index in [1.807, 2.05) is 6.07 Å². The van der Waals surface area contributed by atoms with Crippen molar-refractivity contribution in [2.75, 3.05) is 22.7 Å². The molecule has 1 aliphatic carbocycles. The summed E-state index contributed by atoms with van der Waals surface area (Å²) in [4.78, 5) is 12.2. The number of benzene rings is 1. The van der Waals surface area contributed by atoms with Crippen molar-refractivity contribution in [3.05, 3.63) is 66.2 Å². The van der Waals surface area contributed by atoms with E-state index in [4.69, 9.17) is 9.97 Å². The van der Waals surface area contributed by atoms with E-state index in [-0.39, 0.29) is 0 Å². The number of pyridine rings is 2. The van der Waals surface area contributed by atoms with Crippen molar-refractivity contribution in [3.8, 4) is 11.3 Å². The zero-order chi connectivity index (χ0) is 21.3. The second kappa shape index (κ2) is 8.54. The monoisotopic (exact) mass is 430 g/mol. The van der Waals surface area contributed by atoms with Gasteiger partial charge in [0.2, 0.25) is 0 Å². The maximum absolute atomic E-state index is 4.90. The Labute approximate surface area is 189 Å². The summed E-state index contributed by atoms with van der Waals surface area (Å²) in [5.41, 5.74) is 4.07. The Hall–Kier alpha value is -2.53. The van der Waals surface area contributed by atoms with E-state index in [9.17, 15) is 0 Å². The molecule has 0 amide bonds. The minimum absolute atomic E-state index is 0.350. The molecule has 1 aliphatic heterocycles. The Morgan fingerprint density at radius 3 is 2.65 bits per heavy atom. The first-order valence-corrected chi connectivity index (χ1v) is 12.1. The number of nitrogens with one attached hydrogen (secondary N) is 1. The molecule has 4 nitrogen and oxygen atoms in total. The Morgan fingerprint density at radius 2 is 1.81 bits per heavy atom. The standard InChI is InChI=1S/C26H30N4S/c1-26(2)16-7-17-30(18-26)24-12-6-13-25(28-24)31-29-23-11-5-10-22(27-23)21-9-4-3-8-20(21)19-14-15-19/h3-6,8-13,19H,7,14-18H2,1-2H3,(H,27,29). The third kappa shape index (κ3) is 4.87. The number of piperidine rings is 1. The summed E-state index contributed by atoms with van der Waals surface area (Å²) >= 11 is 1.53. The summed E-state index contributed by atoms with van der Waals surface area (Å²) in [6, 6.07) is 21.2. The van der Waals surface area contributed by atoms with Crippen LogP contribution in [0.3, 0.4) is 0 Å². The van der Waals surface area contributed by atoms with Crippen molar-refractivity contribution in [2.24, 2.45) is 5.41 Å². The van der Waals surface area contributed by atoms with E-state index in [0.29, 0.717) is 11.3 Å². The highest BCUT2D eigenvalue weighted by molar-refractivity contribution is 8.00. The minimum Gasteiger partial charge on any atom is -0.356 e. The van der Waals surface area contributed by atoms with Crippen LogP contribution < -0.4 is 9.62 Å². The lowest BCUT2D eigenvalue weighted by Crippen LogP contribution is -2.40. The molecule has 0 spiro atoms. The molecule has 1 saturated heterocycles. The second-order valence-corrected chi connectivity index (χ2v) is 10.3. The number of aromatic nitrogens is 2. The molecular formula is C26H30N4S. The van der Waals surface area contributed by atoms with Crippen LogP contribution in [0.2, 0.25) is 0 Å². The van der Waals surface area contributed by atoms with Gasteiger partial charge in [0.15, 0.2) is 0 Å². The highest BCUT2D eigenvalue weighted by Gasteiger charge is 2.27. The molecule has 1 aromatic carbocycles. The molecule has 0 unspecified atom stereocenters. The van der Waals surface area contributed by atoms with Crippen LogP contribution >= 0.6 is 11.9 Å². The van der Waals surface area contributed by atoms with Gasteiger partial charge in [-0.2, -0.15) is 0 Å². The number of rotatable bonds is 6. The number of hydrogen-bond donors (Lipinski definition) is 1. The van der Waals surface area contributed by atoms with Crippen molar-refractivity contribution >= 4 is 23.6 Å². The smallest absolute Gasteiger partial charge is 0.136 e. The van der Waals surface area contributed by atoms with Gasteiger partial charge < -0.3 is 9.62 Å². The fourth-order valence-electron chi connectivity index (χ4n) is 4.48. The highest BCUT2D eigenvalue weighted by atomic mass is 32.2. The largest absolute Gasteiger partial charge is 0.356 e. The van der Waals surface area contributed by atoms with E-state index in [2.05, 4.69) is 78.1 Å². The highest BCUT2D eigenvalue weighted by Crippen LogP contribution is 2.44. The maximum Gasteiger partial charge on any atom is 0.136 e. The first kappa shape index (κ1) is 20.4. The van der Waals surface area contributed by atoms with Gasteiger partial charge in [0.1, 0.15) is 16.7 Å². The number of anilines is 2. The van der Waals surface area contributed by atoms with E-state index < -0.39 is 0 Å². The summed E-state index contributed by atoms with van der Waals surface area (Å²) < 4.78 is 3.41. The molecular weight excluding hydrogens is 400 g/mol. The molecule has 5 heteroatoms. The van der Waals surface area contributed by atoms with Crippen LogP contribution in [0.15, 0.2) is 65.7 Å². The Morgan fingerprint density at radius 1 is 0.968 bits per heavy atom.